The van der Waals surface area contributed by atoms with Crippen LogP contribution in [0.3, 0.4) is 0 Å². The van der Waals surface area contributed by atoms with Gasteiger partial charge in [0.2, 0.25) is 5.91 Å². The highest BCUT2D eigenvalue weighted by Crippen LogP contribution is 2.53. The van der Waals surface area contributed by atoms with Crippen LogP contribution in [0.15, 0.2) is 41.8 Å². The molecule has 0 saturated heterocycles. The van der Waals surface area contributed by atoms with Gasteiger partial charge in [-0.2, -0.15) is 15.5 Å². The topological polar surface area (TPSA) is 87.2 Å². The number of amides is 1. The summed E-state index contributed by atoms with van der Waals surface area (Å²) in [6.45, 7) is 0.694. The Labute approximate surface area is 194 Å². The lowest BCUT2D eigenvalue weighted by Crippen LogP contribution is -2.49. The van der Waals surface area contributed by atoms with Crippen LogP contribution in [0.5, 0.6) is 0 Å². The van der Waals surface area contributed by atoms with Crippen LogP contribution in [0, 0.1) is 46.6 Å². The molecule has 2 aromatic heterocycles. The molecule has 4 aliphatic rings. The fourth-order valence-electron chi connectivity index (χ4n) is 5.87. The Hall–Kier alpha value is -3.67. The first kappa shape index (κ1) is 20.9. The molecule has 3 atom stereocenters. The number of hydrazone groups is 1. The van der Waals surface area contributed by atoms with Crippen LogP contribution in [0.4, 0.5) is 8.78 Å². The van der Waals surface area contributed by atoms with Gasteiger partial charge in [-0.25, -0.2) is 18.8 Å². The average Bonchev–Trinajstić information content (AvgIpc) is 3.43. The van der Waals surface area contributed by atoms with Gasteiger partial charge < -0.3 is 0 Å². The molecule has 1 aromatic carbocycles. The van der Waals surface area contributed by atoms with E-state index in [9.17, 15) is 13.6 Å². The number of carbonyl (C=O) groups is 1. The van der Waals surface area contributed by atoms with E-state index in [1.807, 2.05) is 16.9 Å². The van der Waals surface area contributed by atoms with E-state index in [1.54, 1.807) is 18.5 Å². The standard InChI is InChI=1S/C25H22F2N6O/c26-19-5-16(6-20(27)9-19)24-1-2-30-33(24)25(34)22-8-17(14-3-15(22)4-14)12-32-13-18-7-21(10-28)29-11-23(18)31-32/h2,5-7,9,11,13-15,17,22,24H,1,3-4,8,12H2. The Morgan fingerprint density at radius 3 is 2.68 bits per heavy atom. The Balaban J connectivity index is 1.20. The highest BCUT2D eigenvalue weighted by atomic mass is 19.1. The number of carbonyl (C=O) groups excluding carboxylic acids is 1. The molecule has 3 aliphatic carbocycles. The zero-order chi connectivity index (χ0) is 23.4. The van der Waals surface area contributed by atoms with Gasteiger partial charge in [0.05, 0.1) is 12.2 Å². The summed E-state index contributed by atoms with van der Waals surface area (Å²) in [6, 6.07) is 6.69. The molecule has 7 nitrogen and oxygen atoms in total. The minimum absolute atomic E-state index is 0.0648. The van der Waals surface area contributed by atoms with Crippen LogP contribution >= 0.6 is 0 Å². The lowest BCUT2D eigenvalue weighted by atomic mass is 9.55. The van der Waals surface area contributed by atoms with Gasteiger partial charge in [0.15, 0.2) is 0 Å². The summed E-state index contributed by atoms with van der Waals surface area (Å²) in [5, 5.41) is 20.3. The van der Waals surface area contributed by atoms with E-state index in [-0.39, 0.29) is 11.8 Å². The summed E-state index contributed by atoms with van der Waals surface area (Å²) in [5.41, 5.74) is 1.53. The summed E-state index contributed by atoms with van der Waals surface area (Å²) in [7, 11) is 0. The predicted molar refractivity (Wildman–Crippen MR) is 119 cm³/mol. The van der Waals surface area contributed by atoms with E-state index < -0.39 is 17.7 Å². The number of hydrogen-bond acceptors (Lipinski definition) is 5. The normalized spacial score (nSPS) is 27.6. The number of nitriles is 1. The second kappa shape index (κ2) is 7.97. The van der Waals surface area contributed by atoms with Crippen LogP contribution in [0.1, 0.15) is 43.0 Å². The number of nitrogens with zero attached hydrogens (tertiary/aromatic N) is 6. The number of fused-ring (bicyclic) bond motifs is 3. The van der Waals surface area contributed by atoms with Crippen molar-refractivity contribution < 1.29 is 13.6 Å². The molecule has 1 amide bonds. The number of hydrogen-bond donors (Lipinski definition) is 0. The monoisotopic (exact) mass is 460 g/mol. The van der Waals surface area contributed by atoms with Gasteiger partial charge in [-0.3, -0.25) is 9.48 Å². The van der Waals surface area contributed by atoms with Crippen LogP contribution in [0.25, 0.3) is 10.9 Å². The number of pyridine rings is 1. The zero-order valence-corrected chi connectivity index (χ0v) is 18.3. The van der Waals surface area contributed by atoms with Crippen molar-refractivity contribution in [3.8, 4) is 6.07 Å². The van der Waals surface area contributed by atoms with Gasteiger partial charge >= 0.3 is 0 Å². The van der Waals surface area contributed by atoms with Crippen molar-refractivity contribution in [2.24, 2.45) is 28.8 Å². The molecule has 34 heavy (non-hydrogen) atoms. The molecule has 7 rings (SSSR count). The Kier molecular flexibility index (Phi) is 4.90. The Morgan fingerprint density at radius 2 is 1.91 bits per heavy atom. The average molecular weight is 460 g/mol. The highest BCUT2D eigenvalue weighted by molar-refractivity contribution is 5.82. The van der Waals surface area contributed by atoms with Crippen molar-refractivity contribution in [2.75, 3.05) is 0 Å². The largest absolute Gasteiger partial charge is 0.273 e. The van der Waals surface area contributed by atoms with Gasteiger partial charge in [-0.05, 0) is 60.8 Å². The lowest BCUT2D eigenvalue weighted by Gasteiger charge is -2.51. The first-order valence-corrected chi connectivity index (χ1v) is 11.5. The molecule has 3 fully saturated rings. The number of aromatic nitrogens is 3. The fourth-order valence-corrected chi connectivity index (χ4v) is 5.87. The molecule has 0 spiro atoms. The summed E-state index contributed by atoms with van der Waals surface area (Å²) in [5.74, 6) is -0.352. The molecule has 1 aliphatic heterocycles. The van der Waals surface area contributed by atoms with Crippen LogP contribution < -0.4 is 0 Å². The van der Waals surface area contributed by atoms with Gasteiger partial charge in [-0.1, -0.05) is 0 Å². The first-order valence-electron chi connectivity index (χ1n) is 11.5. The van der Waals surface area contributed by atoms with Gasteiger partial charge in [0, 0.05) is 42.7 Å². The lowest BCUT2D eigenvalue weighted by molar-refractivity contribution is -0.147. The number of benzene rings is 1. The van der Waals surface area contributed by atoms with Crippen LogP contribution in [0.2, 0.25) is 0 Å². The molecule has 9 heteroatoms. The number of halogens is 2. The van der Waals surface area contributed by atoms with E-state index in [1.165, 1.54) is 17.1 Å². The SMILES string of the molecule is N#Cc1cc2cn(CC3CC(C(=O)N4N=CCC4c4cc(F)cc(F)c4)C4CC3C4)nc2cn1. The maximum absolute atomic E-state index is 13.8. The van der Waals surface area contributed by atoms with Gasteiger partial charge in [0.1, 0.15) is 28.9 Å². The molecule has 0 N–H and O–H groups in total. The quantitative estimate of drug-likeness (QED) is 0.584. The highest BCUT2D eigenvalue weighted by Gasteiger charge is 2.50. The van der Waals surface area contributed by atoms with Crippen LogP contribution in [-0.2, 0) is 11.3 Å². The van der Waals surface area contributed by atoms with Crippen molar-refractivity contribution in [3.05, 3.63) is 59.6 Å². The molecular weight excluding hydrogens is 438 g/mol. The van der Waals surface area contributed by atoms with E-state index in [0.29, 0.717) is 42.0 Å². The molecule has 172 valence electrons. The van der Waals surface area contributed by atoms with Crippen LogP contribution in [-0.4, -0.2) is 31.9 Å². The summed E-state index contributed by atoms with van der Waals surface area (Å²) in [4.78, 5) is 17.6. The molecule has 0 radical (unpaired) electrons. The third kappa shape index (κ3) is 3.54. The maximum atomic E-state index is 13.8. The zero-order valence-electron chi connectivity index (χ0n) is 18.3. The molecule has 2 bridgehead atoms. The second-order valence-electron chi connectivity index (χ2n) is 9.62. The molecule has 3 unspecified atom stereocenters. The Bertz CT molecular complexity index is 1330. The van der Waals surface area contributed by atoms with Crippen molar-refractivity contribution in [2.45, 2.75) is 38.3 Å². The number of rotatable bonds is 4. The smallest absolute Gasteiger partial charge is 0.246 e. The third-order valence-corrected chi connectivity index (χ3v) is 7.62. The summed E-state index contributed by atoms with van der Waals surface area (Å²) < 4.78 is 29.5. The van der Waals surface area contributed by atoms with E-state index >= 15 is 0 Å². The van der Waals surface area contributed by atoms with Crippen molar-refractivity contribution >= 4 is 23.0 Å². The van der Waals surface area contributed by atoms with E-state index in [2.05, 4.69) is 15.2 Å². The van der Waals surface area contributed by atoms with Gasteiger partial charge in [-0.15, -0.1) is 0 Å². The van der Waals surface area contributed by atoms with Crippen molar-refractivity contribution in [3.63, 3.8) is 0 Å². The molecule has 3 heterocycles. The molecular formula is C25H22F2N6O. The van der Waals surface area contributed by atoms with Crippen molar-refractivity contribution in [1.29, 1.82) is 5.26 Å². The van der Waals surface area contributed by atoms with E-state index in [0.717, 1.165) is 36.2 Å². The summed E-state index contributed by atoms with van der Waals surface area (Å²) >= 11 is 0. The minimum Gasteiger partial charge on any atom is -0.273 e. The summed E-state index contributed by atoms with van der Waals surface area (Å²) in [6.07, 6.45) is 8.36. The Morgan fingerprint density at radius 1 is 1.12 bits per heavy atom. The van der Waals surface area contributed by atoms with Crippen molar-refractivity contribution in [1.82, 2.24) is 19.8 Å². The second-order valence-corrected chi connectivity index (χ2v) is 9.62. The fraction of sp³-hybridized carbons (Fsp3) is 0.400. The minimum atomic E-state index is -0.655. The maximum Gasteiger partial charge on any atom is 0.246 e. The molecule has 3 aromatic rings. The predicted octanol–water partition coefficient (Wildman–Crippen LogP) is 4.20. The van der Waals surface area contributed by atoms with Gasteiger partial charge in [0.25, 0.3) is 0 Å². The van der Waals surface area contributed by atoms with E-state index in [4.69, 9.17) is 5.26 Å². The first-order chi connectivity index (χ1) is 16.5. The molecule has 3 saturated carbocycles. The third-order valence-electron chi connectivity index (χ3n) is 7.62.